The summed E-state index contributed by atoms with van der Waals surface area (Å²) in [6.45, 7) is 4.94. The zero-order valence-electron chi connectivity index (χ0n) is 12.7. The fraction of sp³-hybridized carbons (Fsp3) is 0.333. The number of carbonyl (C=O) groups excluding carboxylic acids is 1. The van der Waals surface area contributed by atoms with Crippen molar-refractivity contribution < 1.29 is 4.79 Å². The van der Waals surface area contributed by atoms with Gasteiger partial charge in [-0.05, 0) is 43.2 Å². The average Bonchev–Trinajstić information content (AvgIpc) is 2.51. The molecule has 0 unspecified atom stereocenters. The van der Waals surface area contributed by atoms with E-state index in [9.17, 15) is 4.79 Å². The second-order valence-corrected chi connectivity index (χ2v) is 5.26. The number of unbranched alkanes of at least 4 members (excludes halogenated alkanes) is 2. The number of aryl methyl sites for hydroxylation is 1. The van der Waals surface area contributed by atoms with Crippen LogP contribution in [0.25, 0.3) is 11.3 Å². The van der Waals surface area contributed by atoms with E-state index in [-0.39, 0.29) is 5.91 Å². The number of pyridine rings is 1. The monoisotopic (exact) mass is 282 g/mol. The first kappa shape index (κ1) is 15.2. The van der Waals surface area contributed by atoms with Gasteiger partial charge in [-0.25, -0.2) is 0 Å². The van der Waals surface area contributed by atoms with Crippen molar-refractivity contribution in [1.82, 2.24) is 10.3 Å². The molecular formula is C18H22N2O. The van der Waals surface area contributed by atoms with Crippen molar-refractivity contribution in [3.63, 3.8) is 0 Å². The van der Waals surface area contributed by atoms with Gasteiger partial charge in [-0.3, -0.25) is 9.78 Å². The Morgan fingerprint density at radius 2 is 1.90 bits per heavy atom. The number of carbonyl (C=O) groups is 1. The van der Waals surface area contributed by atoms with E-state index in [0.29, 0.717) is 5.56 Å². The van der Waals surface area contributed by atoms with Crippen LogP contribution in [-0.2, 0) is 0 Å². The quantitative estimate of drug-likeness (QED) is 0.814. The lowest BCUT2D eigenvalue weighted by Crippen LogP contribution is -2.24. The molecule has 0 aliphatic rings. The molecule has 1 heterocycles. The van der Waals surface area contributed by atoms with Crippen LogP contribution in [0.3, 0.4) is 0 Å². The molecule has 1 aromatic heterocycles. The van der Waals surface area contributed by atoms with E-state index in [1.165, 1.54) is 5.56 Å². The summed E-state index contributed by atoms with van der Waals surface area (Å²) in [5.41, 5.74) is 3.84. The maximum Gasteiger partial charge on any atom is 0.251 e. The SMILES string of the molecule is CCCCCNC(=O)c1ccc(-c2cc(C)ccn2)cc1. The van der Waals surface area contributed by atoms with E-state index in [1.54, 1.807) is 6.20 Å². The van der Waals surface area contributed by atoms with Crippen LogP contribution < -0.4 is 5.32 Å². The molecule has 2 rings (SSSR count). The van der Waals surface area contributed by atoms with Crippen molar-refractivity contribution >= 4 is 5.91 Å². The molecule has 2 aromatic rings. The van der Waals surface area contributed by atoms with Crippen molar-refractivity contribution in [2.45, 2.75) is 33.1 Å². The fourth-order valence-corrected chi connectivity index (χ4v) is 2.17. The highest BCUT2D eigenvalue weighted by molar-refractivity contribution is 5.94. The molecule has 0 aliphatic carbocycles. The van der Waals surface area contributed by atoms with Crippen LogP contribution in [0.2, 0.25) is 0 Å². The van der Waals surface area contributed by atoms with Gasteiger partial charge in [0.2, 0.25) is 0 Å². The Hall–Kier alpha value is -2.16. The highest BCUT2D eigenvalue weighted by Gasteiger charge is 2.05. The van der Waals surface area contributed by atoms with Crippen LogP contribution in [0.1, 0.15) is 42.1 Å². The molecule has 3 heteroatoms. The van der Waals surface area contributed by atoms with Crippen LogP contribution in [0, 0.1) is 6.92 Å². The first-order valence-corrected chi connectivity index (χ1v) is 7.52. The van der Waals surface area contributed by atoms with E-state index in [0.717, 1.165) is 37.1 Å². The molecule has 0 bridgehead atoms. The van der Waals surface area contributed by atoms with Gasteiger partial charge < -0.3 is 5.32 Å². The van der Waals surface area contributed by atoms with Crippen molar-refractivity contribution in [1.29, 1.82) is 0 Å². The second-order valence-electron chi connectivity index (χ2n) is 5.26. The molecule has 1 aromatic carbocycles. The zero-order chi connectivity index (χ0) is 15.1. The Balaban J connectivity index is 2.00. The minimum atomic E-state index is -0.00476. The number of hydrogen-bond acceptors (Lipinski definition) is 2. The van der Waals surface area contributed by atoms with E-state index in [4.69, 9.17) is 0 Å². The molecule has 0 radical (unpaired) electrons. The zero-order valence-corrected chi connectivity index (χ0v) is 12.7. The fourth-order valence-electron chi connectivity index (χ4n) is 2.17. The normalized spacial score (nSPS) is 10.4. The molecule has 0 aliphatic heterocycles. The first-order valence-electron chi connectivity index (χ1n) is 7.52. The van der Waals surface area contributed by atoms with Gasteiger partial charge in [0, 0.05) is 23.9 Å². The summed E-state index contributed by atoms with van der Waals surface area (Å²) in [4.78, 5) is 16.3. The molecule has 110 valence electrons. The number of nitrogens with one attached hydrogen (secondary N) is 1. The molecule has 0 saturated heterocycles. The van der Waals surface area contributed by atoms with E-state index >= 15 is 0 Å². The molecule has 0 spiro atoms. The topological polar surface area (TPSA) is 42.0 Å². The lowest BCUT2D eigenvalue weighted by molar-refractivity contribution is 0.0953. The van der Waals surface area contributed by atoms with Crippen molar-refractivity contribution in [2.24, 2.45) is 0 Å². The number of benzene rings is 1. The Labute approximate surface area is 126 Å². The second kappa shape index (κ2) is 7.58. The molecule has 3 nitrogen and oxygen atoms in total. The van der Waals surface area contributed by atoms with Gasteiger partial charge in [0.05, 0.1) is 5.69 Å². The molecule has 0 saturated carbocycles. The summed E-state index contributed by atoms with van der Waals surface area (Å²) >= 11 is 0. The van der Waals surface area contributed by atoms with E-state index in [2.05, 4.69) is 17.2 Å². The summed E-state index contributed by atoms with van der Waals surface area (Å²) in [6.07, 6.45) is 5.15. The van der Waals surface area contributed by atoms with Gasteiger partial charge in [-0.15, -0.1) is 0 Å². The predicted molar refractivity (Wildman–Crippen MR) is 86.3 cm³/mol. The van der Waals surface area contributed by atoms with Gasteiger partial charge in [-0.2, -0.15) is 0 Å². The molecule has 1 N–H and O–H groups in total. The predicted octanol–water partition coefficient (Wildman–Crippen LogP) is 3.98. The molecule has 1 amide bonds. The standard InChI is InChI=1S/C18H22N2O/c1-3-4-5-11-20-18(21)16-8-6-15(7-9-16)17-13-14(2)10-12-19-17/h6-10,12-13H,3-5,11H2,1-2H3,(H,20,21). The highest BCUT2D eigenvalue weighted by Crippen LogP contribution is 2.18. The Bertz CT molecular complexity index is 590. The third-order valence-electron chi connectivity index (χ3n) is 3.42. The van der Waals surface area contributed by atoms with Crippen molar-refractivity contribution in [3.8, 4) is 11.3 Å². The lowest BCUT2D eigenvalue weighted by atomic mass is 10.1. The average molecular weight is 282 g/mol. The first-order chi connectivity index (χ1) is 10.2. The number of nitrogens with zero attached hydrogens (tertiary/aromatic N) is 1. The summed E-state index contributed by atoms with van der Waals surface area (Å²) < 4.78 is 0. The van der Waals surface area contributed by atoms with Gasteiger partial charge in [0.15, 0.2) is 0 Å². The third-order valence-corrected chi connectivity index (χ3v) is 3.42. The minimum Gasteiger partial charge on any atom is -0.352 e. The third kappa shape index (κ3) is 4.42. The summed E-state index contributed by atoms with van der Waals surface area (Å²) in [5, 5.41) is 2.95. The Morgan fingerprint density at radius 1 is 1.14 bits per heavy atom. The smallest absolute Gasteiger partial charge is 0.251 e. The van der Waals surface area contributed by atoms with Crippen molar-refractivity contribution in [3.05, 3.63) is 53.7 Å². The van der Waals surface area contributed by atoms with Crippen LogP contribution in [0.5, 0.6) is 0 Å². The molecule has 0 fully saturated rings. The highest BCUT2D eigenvalue weighted by atomic mass is 16.1. The lowest BCUT2D eigenvalue weighted by Gasteiger charge is -2.06. The number of rotatable bonds is 6. The Morgan fingerprint density at radius 3 is 2.57 bits per heavy atom. The minimum absolute atomic E-state index is 0.00476. The Kier molecular flexibility index (Phi) is 5.50. The number of aromatic nitrogens is 1. The van der Waals surface area contributed by atoms with Gasteiger partial charge in [-0.1, -0.05) is 31.9 Å². The molecular weight excluding hydrogens is 260 g/mol. The number of hydrogen-bond donors (Lipinski definition) is 1. The summed E-state index contributed by atoms with van der Waals surface area (Å²) in [5.74, 6) is -0.00476. The van der Waals surface area contributed by atoms with E-state index in [1.807, 2.05) is 43.3 Å². The van der Waals surface area contributed by atoms with Crippen LogP contribution >= 0.6 is 0 Å². The van der Waals surface area contributed by atoms with Crippen LogP contribution in [-0.4, -0.2) is 17.4 Å². The van der Waals surface area contributed by atoms with Gasteiger partial charge in [0.1, 0.15) is 0 Å². The molecule has 21 heavy (non-hydrogen) atoms. The maximum absolute atomic E-state index is 12.0. The van der Waals surface area contributed by atoms with Crippen LogP contribution in [0.4, 0.5) is 0 Å². The van der Waals surface area contributed by atoms with E-state index < -0.39 is 0 Å². The maximum atomic E-state index is 12.0. The molecule has 0 atom stereocenters. The largest absolute Gasteiger partial charge is 0.352 e. The van der Waals surface area contributed by atoms with Gasteiger partial charge >= 0.3 is 0 Å². The summed E-state index contributed by atoms with van der Waals surface area (Å²) in [6, 6.07) is 11.6. The summed E-state index contributed by atoms with van der Waals surface area (Å²) in [7, 11) is 0. The number of amides is 1. The van der Waals surface area contributed by atoms with Crippen molar-refractivity contribution in [2.75, 3.05) is 6.54 Å². The van der Waals surface area contributed by atoms with Crippen LogP contribution in [0.15, 0.2) is 42.6 Å². The van der Waals surface area contributed by atoms with Gasteiger partial charge in [0.25, 0.3) is 5.91 Å².